The van der Waals surface area contributed by atoms with Crippen LogP contribution in [0.5, 0.6) is 0 Å². The molecule has 1 N–H and O–H groups in total. The van der Waals surface area contributed by atoms with Crippen LogP contribution in [0.15, 0.2) is 34.8 Å². The van der Waals surface area contributed by atoms with Crippen molar-refractivity contribution in [1.29, 1.82) is 0 Å². The van der Waals surface area contributed by atoms with Crippen LogP contribution in [0.4, 0.5) is 0 Å². The molecule has 112 valence electrons. The standard InChI is InChI=1S/C18H21BrClN/c1-5-21-18(14-7-6-8-16(19)17(14)20)15-10-12(3)11(2)9-13(15)4/h6-10,18,21H,5H2,1-4H3. The Kier molecular flexibility index (Phi) is 5.48. The predicted molar refractivity (Wildman–Crippen MR) is 95.3 cm³/mol. The monoisotopic (exact) mass is 365 g/mol. The Morgan fingerprint density at radius 3 is 2.38 bits per heavy atom. The van der Waals surface area contributed by atoms with Gasteiger partial charge in [-0.1, -0.05) is 42.8 Å². The highest BCUT2D eigenvalue weighted by Crippen LogP contribution is 2.35. The summed E-state index contributed by atoms with van der Waals surface area (Å²) in [6.07, 6.45) is 0. The minimum atomic E-state index is 0.110. The molecule has 1 unspecified atom stereocenters. The molecule has 3 heteroatoms. The number of rotatable bonds is 4. The molecular weight excluding hydrogens is 346 g/mol. The van der Waals surface area contributed by atoms with Gasteiger partial charge in [-0.15, -0.1) is 0 Å². The lowest BCUT2D eigenvalue weighted by Crippen LogP contribution is -2.23. The summed E-state index contributed by atoms with van der Waals surface area (Å²) < 4.78 is 0.936. The van der Waals surface area contributed by atoms with Crippen molar-refractivity contribution in [1.82, 2.24) is 5.32 Å². The lowest BCUT2D eigenvalue weighted by Gasteiger charge is -2.23. The summed E-state index contributed by atoms with van der Waals surface area (Å²) in [6.45, 7) is 9.48. The topological polar surface area (TPSA) is 12.0 Å². The molecule has 0 heterocycles. The molecule has 2 rings (SSSR count). The largest absolute Gasteiger partial charge is 0.306 e. The number of hydrogen-bond donors (Lipinski definition) is 1. The zero-order valence-electron chi connectivity index (χ0n) is 12.9. The van der Waals surface area contributed by atoms with E-state index in [2.05, 4.69) is 67.1 Å². The van der Waals surface area contributed by atoms with E-state index in [4.69, 9.17) is 11.6 Å². The lowest BCUT2D eigenvalue weighted by molar-refractivity contribution is 0.627. The number of aryl methyl sites for hydroxylation is 3. The minimum absolute atomic E-state index is 0.110. The fraction of sp³-hybridized carbons (Fsp3) is 0.333. The van der Waals surface area contributed by atoms with Gasteiger partial charge in [-0.05, 0) is 77.1 Å². The fourth-order valence-electron chi connectivity index (χ4n) is 2.63. The second-order valence-corrected chi connectivity index (χ2v) is 6.66. The van der Waals surface area contributed by atoms with Crippen LogP contribution >= 0.6 is 27.5 Å². The van der Waals surface area contributed by atoms with Gasteiger partial charge < -0.3 is 5.32 Å². The molecule has 0 aromatic heterocycles. The normalized spacial score (nSPS) is 12.5. The summed E-state index contributed by atoms with van der Waals surface area (Å²) in [5, 5.41) is 4.34. The second-order valence-electron chi connectivity index (χ2n) is 5.43. The summed E-state index contributed by atoms with van der Waals surface area (Å²) in [7, 11) is 0. The molecule has 0 amide bonds. The van der Waals surface area contributed by atoms with Gasteiger partial charge in [-0.25, -0.2) is 0 Å². The van der Waals surface area contributed by atoms with E-state index in [1.165, 1.54) is 22.3 Å². The molecule has 21 heavy (non-hydrogen) atoms. The SMILES string of the molecule is CCNC(c1cc(C)c(C)cc1C)c1cccc(Br)c1Cl. The highest BCUT2D eigenvalue weighted by molar-refractivity contribution is 9.10. The third-order valence-electron chi connectivity index (χ3n) is 3.89. The maximum atomic E-state index is 6.51. The molecule has 0 fully saturated rings. The Bertz CT molecular complexity index is 652. The van der Waals surface area contributed by atoms with Crippen molar-refractivity contribution in [3.8, 4) is 0 Å². The molecule has 0 saturated heterocycles. The Balaban J connectivity index is 2.59. The van der Waals surface area contributed by atoms with Crippen LogP contribution in [0.3, 0.4) is 0 Å². The van der Waals surface area contributed by atoms with E-state index in [0.29, 0.717) is 0 Å². The Hall–Kier alpha value is -0.830. The Labute approximate surface area is 140 Å². The number of halogens is 2. The second kappa shape index (κ2) is 6.95. The smallest absolute Gasteiger partial charge is 0.0599 e. The van der Waals surface area contributed by atoms with Gasteiger partial charge in [-0.2, -0.15) is 0 Å². The molecule has 0 bridgehead atoms. The van der Waals surface area contributed by atoms with Crippen LogP contribution < -0.4 is 5.32 Å². The van der Waals surface area contributed by atoms with E-state index >= 15 is 0 Å². The first-order valence-electron chi connectivity index (χ1n) is 7.20. The zero-order chi connectivity index (χ0) is 15.6. The average molecular weight is 367 g/mol. The molecule has 1 atom stereocenters. The summed E-state index contributed by atoms with van der Waals surface area (Å²) in [4.78, 5) is 0. The Morgan fingerprint density at radius 2 is 1.71 bits per heavy atom. The molecule has 0 spiro atoms. The first-order chi connectivity index (χ1) is 9.95. The highest BCUT2D eigenvalue weighted by atomic mass is 79.9. The average Bonchev–Trinajstić information content (AvgIpc) is 2.44. The van der Waals surface area contributed by atoms with Crippen molar-refractivity contribution < 1.29 is 0 Å². The number of hydrogen-bond acceptors (Lipinski definition) is 1. The van der Waals surface area contributed by atoms with Crippen LogP contribution in [0.1, 0.15) is 40.8 Å². The van der Waals surface area contributed by atoms with Crippen molar-refractivity contribution in [3.05, 3.63) is 67.6 Å². The van der Waals surface area contributed by atoms with E-state index < -0.39 is 0 Å². The van der Waals surface area contributed by atoms with Crippen molar-refractivity contribution in [3.63, 3.8) is 0 Å². The van der Waals surface area contributed by atoms with E-state index in [0.717, 1.165) is 21.6 Å². The van der Waals surface area contributed by atoms with Crippen LogP contribution in [-0.4, -0.2) is 6.54 Å². The zero-order valence-corrected chi connectivity index (χ0v) is 15.3. The number of benzene rings is 2. The molecule has 0 saturated carbocycles. The van der Waals surface area contributed by atoms with Crippen molar-refractivity contribution in [2.75, 3.05) is 6.54 Å². The predicted octanol–water partition coefficient (Wildman–Crippen LogP) is 5.73. The van der Waals surface area contributed by atoms with Gasteiger partial charge in [-0.3, -0.25) is 0 Å². The fourth-order valence-corrected chi connectivity index (χ4v) is 3.25. The van der Waals surface area contributed by atoms with Gasteiger partial charge in [0.05, 0.1) is 11.1 Å². The van der Waals surface area contributed by atoms with E-state index in [1.54, 1.807) is 0 Å². The van der Waals surface area contributed by atoms with E-state index in [-0.39, 0.29) is 6.04 Å². The molecule has 0 aliphatic heterocycles. The molecule has 0 aliphatic rings. The van der Waals surface area contributed by atoms with Gasteiger partial charge >= 0.3 is 0 Å². The highest BCUT2D eigenvalue weighted by Gasteiger charge is 2.19. The summed E-state index contributed by atoms with van der Waals surface area (Å²) >= 11 is 10.0. The third kappa shape index (κ3) is 3.50. The molecule has 0 aliphatic carbocycles. The quantitative estimate of drug-likeness (QED) is 0.729. The van der Waals surface area contributed by atoms with Crippen LogP contribution in [0.25, 0.3) is 0 Å². The van der Waals surface area contributed by atoms with Gasteiger partial charge in [0, 0.05) is 4.47 Å². The number of nitrogens with one attached hydrogen (secondary N) is 1. The Morgan fingerprint density at radius 1 is 1.05 bits per heavy atom. The van der Waals surface area contributed by atoms with Crippen molar-refractivity contribution in [2.45, 2.75) is 33.7 Å². The van der Waals surface area contributed by atoms with E-state index in [1.807, 2.05) is 12.1 Å². The molecule has 1 nitrogen and oxygen atoms in total. The summed E-state index contributed by atoms with van der Waals surface area (Å²) in [5.74, 6) is 0. The minimum Gasteiger partial charge on any atom is -0.306 e. The third-order valence-corrected chi connectivity index (χ3v) is 5.21. The molecule has 2 aromatic rings. The van der Waals surface area contributed by atoms with Crippen molar-refractivity contribution >= 4 is 27.5 Å². The summed E-state index contributed by atoms with van der Waals surface area (Å²) in [6, 6.07) is 10.7. The van der Waals surface area contributed by atoms with Gasteiger partial charge in [0.25, 0.3) is 0 Å². The first kappa shape index (κ1) is 16.5. The molecular formula is C18H21BrClN. The van der Waals surface area contributed by atoms with Crippen LogP contribution in [0, 0.1) is 20.8 Å². The van der Waals surface area contributed by atoms with Gasteiger partial charge in [0.2, 0.25) is 0 Å². The van der Waals surface area contributed by atoms with Crippen LogP contribution in [0.2, 0.25) is 5.02 Å². The molecule has 2 aromatic carbocycles. The lowest BCUT2D eigenvalue weighted by atomic mass is 9.91. The maximum absolute atomic E-state index is 6.51. The first-order valence-corrected chi connectivity index (χ1v) is 8.37. The van der Waals surface area contributed by atoms with Gasteiger partial charge in [0.15, 0.2) is 0 Å². The van der Waals surface area contributed by atoms with E-state index in [9.17, 15) is 0 Å². The van der Waals surface area contributed by atoms with Gasteiger partial charge in [0.1, 0.15) is 0 Å². The summed E-state index contributed by atoms with van der Waals surface area (Å²) in [5.41, 5.74) is 6.33. The van der Waals surface area contributed by atoms with Crippen molar-refractivity contribution in [2.24, 2.45) is 0 Å². The molecule has 0 radical (unpaired) electrons. The maximum Gasteiger partial charge on any atom is 0.0599 e. The van der Waals surface area contributed by atoms with Crippen LogP contribution in [-0.2, 0) is 0 Å².